The minimum atomic E-state index is -2.06. The first-order valence-corrected chi connectivity index (χ1v) is 17.2. The number of nitrogens with zero attached hydrogens (tertiary/aromatic N) is 3. The number of aromatic nitrogens is 2. The highest BCUT2D eigenvalue weighted by atomic mass is 16.3. The summed E-state index contributed by atoms with van der Waals surface area (Å²) in [4.78, 5) is 88.7. The van der Waals surface area contributed by atoms with Gasteiger partial charge in [0.1, 0.15) is 6.04 Å². The molecule has 1 aromatic carbocycles. The van der Waals surface area contributed by atoms with Crippen LogP contribution in [0.3, 0.4) is 0 Å². The number of nitrogens with two attached hydrogens (primary N) is 5. The minimum Gasteiger partial charge on any atom is -0.370 e. The van der Waals surface area contributed by atoms with E-state index in [9.17, 15) is 33.9 Å². The van der Waals surface area contributed by atoms with Crippen LogP contribution in [-0.4, -0.2) is 112 Å². The zero-order valence-electron chi connectivity index (χ0n) is 31.7. The molecule has 0 aliphatic heterocycles. The van der Waals surface area contributed by atoms with E-state index in [-0.39, 0.29) is 24.0 Å². The Hall–Kier alpha value is -8.04. The van der Waals surface area contributed by atoms with Crippen molar-refractivity contribution in [3.05, 3.63) is 54.4 Å². The van der Waals surface area contributed by atoms with Crippen molar-refractivity contribution in [3.63, 3.8) is 0 Å². The van der Waals surface area contributed by atoms with Gasteiger partial charge in [0.2, 0.25) is 18.1 Å². The molecule has 1 heterocycles. The van der Waals surface area contributed by atoms with Crippen LogP contribution in [0.4, 0.5) is 5.95 Å². The van der Waals surface area contributed by atoms with E-state index in [0.717, 1.165) is 0 Å². The summed E-state index contributed by atoms with van der Waals surface area (Å²) in [7, 11) is 0. The molecule has 0 aliphatic carbocycles. The molecule has 0 fully saturated rings. The number of benzene rings is 1. The SMILES string of the molecule is CC(C)CCN(c1ncccn1)C(O)C(=O)NC(C(=O)NC(NC(=N)N)C(=O)NC(NC(=N)N)C(=O)NC(NC(=N)N)C(=O)NC(NC(=N)N)C(N)=O)c1ccccc1. The number of hydrogen-bond donors (Lipinski definition) is 19. The number of carbonyl (C=O) groups excluding carboxylic acids is 6. The van der Waals surface area contributed by atoms with Gasteiger partial charge in [-0.05, 0) is 24.0 Å². The van der Waals surface area contributed by atoms with Gasteiger partial charge in [0.25, 0.3) is 29.5 Å². The average Bonchev–Trinajstić information content (AvgIpc) is 3.15. The van der Waals surface area contributed by atoms with Gasteiger partial charge < -0.3 is 86.5 Å². The molecule has 0 saturated carbocycles. The summed E-state index contributed by atoms with van der Waals surface area (Å²) in [5.74, 6) is -10.6. The quantitative estimate of drug-likeness (QED) is 0.0316. The fourth-order valence-electron chi connectivity index (χ4n) is 4.68. The number of amides is 6. The normalized spacial score (nSPS) is 13.6. The minimum absolute atomic E-state index is 0.0283. The van der Waals surface area contributed by atoms with Crippen molar-refractivity contribution in [1.82, 2.24) is 57.8 Å². The topological polar surface area (TPSA) is 485 Å². The van der Waals surface area contributed by atoms with Crippen LogP contribution in [-0.2, 0) is 28.8 Å². The van der Waals surface area contributed by atoms with E-state index in [1.54, 1.807) is 24.3 Å². The summed E-state index contributed by atoms with van der Waals surface area (Å²) in [5.41, 5.74) is 26.8. The van der Waals surface area contributed by atoms with Crippen molar-refractivity contribution in [3.8, 4) is 0 Å². The first-order chi connectivity index (χ1) is 27.7. The van der Waals surface area contributed by atoms with E-state index >= 15 is 0 Å². The zero-order chi connectivity index (χ0) is 44.4. The van der Waals surface area contributed by atoms with Gasteiger partial charge in [0.15, 0.2) is 48.5 Å². The van der Waals surface area contributed by atoms with Gasteiger partial charge in [-0.25, -0.2) is 9.97 Å². The molecule has 0 radical (unpaired) electrons. The summed E-state index contributed by atoms with van der Waals surface area (Å²) in [5, 5.41) is 60.7. The number of primary amides is 1. The number of aliphatic hydroxyl groups excluding tert-OH is 1. The molecule has 6 unspecified atom stereocenters. The van der Waals surface area contributed by atoms with Crippen LogP contribution in [0.15, 0.2) is 48.8 Å². The number of hydrogen-bond acceptors (Lipinski definition) is 14. The van der Waals surface area contributed by atoms with Gasteiger partial charge in [-0.1, -0.05) is 44.2 Å². The first kappa shape index (κ1) is 47.1. The molecule has 6 amide bonds. The molecule has 0 aliphatic rings. The van der Waals surface area contributed by atoms with E-state index in [1.807, 2.05) is 29.8 Å². The van der Waals surface area contributed by atoms with Crippen LogP contribution >= 0.6 is 0 Å². The lowest BCUT2D eigenvalue weighted by Crippen LogP contribution is -2.68. The number of carbonyl (C=O) groups is 6. The summed E-state index contributed by atoms with van der Waals surface area (Å²) in [6, 6.07) is 7.56. The van der Waals surface area contributed by atoms with Gasteiger partial charge in [-0.3, -0.25) is 50.4 Å². The number of rotatable bonds is 21. The monoisotopic (exact) mass is 827 g/mol. The maximum atomic E-state index is 13.9. The Morgan fingerprint density at radius 2 is 1.00 bits per heavy atom. The molecule has 0 saturated heterocycles. The number of anilines is 1. The van der Waals surface area contributed by atoms with E-state index in [2.05, 4.69) is 41.9 Å². The van der Waals surface area contributed by atoms with E-state index in [4.69, 9.17) is 50.3 Å². The maximum absolute atomic E-state index is 13.9. The third kappa shape index (κ3) is 15.9. The van der Waals surface area contributed by atoms with Gasteiger partial charge >= 0.3 is 0 Å². The van der Waals surface area contributed by atoms with Crippen LogP contribution in [0, 0.1) is 27.6 Å². The van der Waals surface area contributed by atoms with Crippen LogP contribution in [0.25, 0.3) is 0 Å². The molecule has 2 rings (SSSR count). The third-order valence-electron chi connectivity index (χ3n) is 7.38. The van der Waals surface area contributed by atoms with Crippen molar-refractivity contribution in [2.24, 2.45) is 34.6 Å². The number of aliphatic hydroxyl groups is 1. The smallest absolute Gasteiger partial charge is 0.271 e. The molecule has 0 bridgehead atoms. The van der Waals surface area contributed by atoms with Crippen LogP contribution in [0.5, 0.6) is 0 Å². The molecule has 6 atom stereocenters. The molecule has 59 heavy (non-hydrogen) atoms. The second kappa shape index (κ2) is 22.5. The lowest BCUT2D eigenvalue weighted by molar-refractivity contribution is -0.136. The summed E-state index contributed by atoms with van der Waals surface area (Å²) >= 11 is 0. The predicted molar refractivity (Wildman–Crippen MR) is 209 cm³/mol. The van der Waals surface area contributed by atoms with Crippen molar-refractivity contribution >= 4 is 65.2 Å². The molecule has 0 spiro atoms. The lowest BCUT2D eigenvalue weighted by atomic mass is 10.1. The van der Waals surface area contributed by atoms with E-state index in [1.165, 1.54) is 29.4 Å². The van der Waals surface area contributed by atoms with Crippen molar-refractivity contribution < 1.29 is 33.9 Å². The summed E-state index contributed by atoms with van der Waals surface area (Å²) in [6.07, 6.45) is -6.39. The Balaban J connectivity index is 2.40. The van der Waals surface area contributed by atoms with Crippen molar-refractivity contribution in [1.29, 1.82) is 21.6 Å². The Morgan fingerprint density at radius 1 is 0.593 bits per heavy atom. The molecule has 2 aromatic rings. The highest BCUT2D eigenvalue weighted by Gasteiger charge is 2.35. The fourth-order valence-corrected chi connectivity index (χ4v) is 4.68. The molecular formula is C31H49N21O7. The van der Waals surface area contributed by atoms with Crippen LogP contribution < -0.4 is 81.4 Å². The largest absolute Gasteiger partial charge is 0.370 e. The van der Waals surface area contributed by atoms with Crippen molar-refractivity contribution in [2.75, 3.05) is 11.4 Å². The maximum Gasteiger partial charge on any atom is 0.271 e. The van der Waals surface area contributed by atoms with E-state index < -0.39 is 96.2 Å². The third-order valence-corrected chi connectivity index (χ3v) is 7.38. The molecule has 24 N–H and O–H groups in total. The lowest BCUT2D eigenvalue weighted by Gasteiger charge is -2.30. The first-order valence-electron chi connectivity index (χ1n) is 17.2. The summed E-state index contributed by atoms with van der Waals surface area (Å²) in [6.45, 7) is 4.01. The van der Waals surface area contributed by atoms with Gasteiger partial charge in [-0.2, -0.15) is 0 Å². The van der Waals surface area contributed by atoms with Crippen molar-refractivity contribution in [2.45, 2.75) is 57.2 Å². The Labute approximate surface area is 336 Å². The predicted octanol–water partition coefficient (Wildman–Crippen LogP) is -7.31. The van der Waals surface area contributed by atoms with E-state index in [0.29, 0.717) is 6.42 Å². The van der Waals surface area contributed by atoms with Gasteiger partial charge in [0, 0.05) is 18.9 Å². The highest BCUT2D eigenvalue weighted by molar-refractivity contribution is 5.99. The summed E-state index contributed by atoms with van der Waals surface area (Å²) < 4.78 is 0. The standard InChI is InChI=1S/C31H49N21O7/c1-13(2)9-12-52(31-41-10-6-11-42-31)26(59)25(58)43-15(14-7-4-3-5-8-14)21(54)45-18(49-28(35)36)23(56)47-20(51-30(39)40)24(57)46-19(50-29(37)38)22(55)44-17(16(32)53)48-27(33)34/h3-8,10-11,13,15,17-20,26,59H,9,12H2,1-2H3,(H2,32,53)(H,43,58)(H,44,55)(H,45,54)(H,46,57)(H,47,56)(H4,33,34,48)(H4,35,36,49)(H4,37,38,50)(H4,39,40,51). The number of guanidine groups is 4. The molecule has 28 nitrogen and oxygen atoms in total. The zero-order valence-corrected chi connectivity index (χ0v) is 31.7. The fraction of sp³-hybridized carbons (Fsp3) is 0.355. The molecule has 320 valence electrons. The van der Waals surface area contributed by atoms with Gasteiger partial charge in [0.05, 0.1) is 0 Å². The van der Waals surface area contributed by atoms with Gasteiger partial charge in [-0.15, -0.1) is 0 Å². The second-order valence-electron chi connectivity index (χ2n) is 12.6. The van der Waals surface area contributed by atoms with Crippen LogP contribution in [0.1, 0.15) is 31.9 Å². The average molecular weight is 828 g/mol. The highest BCUT2D eigenvalue weighted by Crippen LogP contribution is 2.17. The molecule has 28 heteroatoms. The second-order valence-corrected chi connectivity index (χ2v) is 12.6. The Bertz CT molecular complexity index is 1850. The van der Waals surface area contributed by atoms with Crippen LogP contribution in [0.2, 0.25) is 0 Å². The Kier molecular flexibility index (Phi) is 18.0. The number of nitrogens with one attached hydrogen (secondary N) is 13. The molecular weight excluding hydrogens is 778 g/mol. The molecule has 1 aromatic heterocycles. The Morgan fingerprint density at radius 3 is 1.41 bits per heavy atom.